The molecule has 3 N–H and O–H groups in total. The van der Waals surface area contributed by atoms with Crippen LogP contribution in [-0.4, -0.2) is 34.8 Å². The van der Waals surface area contributed by atoms with Gasteiger partial charge in [-0.05, 0) is 13.8 Å². The van der Waals surface area contributed by atoms with Gasteiger partial charge >= 0.3 is 0 Å². The van der Waals surface area contributed by atoms with Crippen LogP contribution in [0.4, 0.5) is 0 Å². The molecular formula is C11H18N6S. The van der Waals surface area contributed by atoms with Crippen LogP contribution in [-0.2, 0) is 5.75 Å². The maximum atomic E-state index is 8.51. The Morgan fingerprint density at radius 3 is 3.06 bits per heavy atom. The summed E-state index contributed by atoms with van der Waals surface area (Å²) in [6.45, 7) is 4.07. The number of nitrogens with zero attached hydrogens (tertiary/aromatic N) is 3. The predicted octanol–water partition coefficient (Wildman–Crippen LogP) is 0.986. The number of hydrogen-bond acceptors (Lipinski definition) is 4. The van der Waals surface area contributed by atoms with Crippen LogP contribution in [0.15, 0.2) is 11.3 Å². The lowest BCUT2D eigenvalue weighted by Crippen LogP contribution is -2.41. The Morgan fingerprint density at radius 2 is 2.50 bits per heavy atom. The third-order valence-corrected chi connectivity index (χ3v) is 3.54. The molecule has 0 aromatic carbocycles. The first-order valence-electron chi connectivity index (χ1n) is 5.62. The lowest BCUT2D eigenvalue weighted by Gasteiger charge is -2.14. The number of imidazole rings is 1. The molecule has 0 saturated heterocycles. The van der Waals surface area contributed by atoms with Crippen molar-refractivity contribution in [3.8, 4) is 6.19 Å². The zero-order valence-corrected chi connectivity index (χ0v) is 11.6. The highest BCUT2D eigenvalue weighted by molar-refractivity contribution is 7.98. The molecule has 0 aliphatic carbocycles. The molecule has 0 spiro atoms. The molecule has 0 aliphatic heterocycles. The highest BCUT2D eigenvalue weighted by atomic mass is 32.2. The predicted molar refractivity (Wildman–Crippen MR) is 74.2 cm³/mol. The van der Waals surface area contributed by atoms with Crippen molar-refractivity contribution in [2.75, 3.05) is 12.8 Å². The first-order chi connectivity index (χ1) is 8.67. The van der Waals surface area contributed by atoms with Gasteiger partial charge in [-0.2, -0.15) is 17.0 Å². The van der Waals surface area contributed by atoms with Crippen LogP contribution in [0, 0.1) is 18.4 Å². The van der Waals surface area contributed by atoms with E-state index in [2.05, 4.69) is 32.5 Å². The van der Waals surface area contributed by atoms with E-state index in [-0.39, 0.29) is 6.04 Å². The van der Waals surface area contributed by atoms with E-state index in [1.165, 1.54) is 0 Å². The van der Waals surface area contributed by atoms with E-state index in [1.807, 2.05) is 13.1 Å². The third kappa shape index (κ3) is 4.67. The number of H-pyrrole nitrogens is 1. The molecule has 0 fully saturated rings. The zero-order chi connectivity index (χ0) is 13.4. The lowest BCUT2D eigenvalue weighted by atomic mass is 10.4. The van der Waals surface area contributed by atoms with Gasteiger partial charge < -0.3 is 10.3 Å². The second-order valence-corrected chi connectivity index (χ2v) is 4.87. The highest BCUT2D eigenvalue weighted by Gasteiger charge is 2.06. The van der Waals surface area contributed by atoms with Crippen molar-refractivity contribution in [2.24, 2.45) is 4.99 Å². The van der Waals surface area contributed by atoms with Gasteiger partial charge in [-0.25, -0.2) is 4.98 Å². The molecule has 0 radical (unpaired) electrons. The van der Waals surface area contributed by atoms with Crippen LogP contribution in [0.5, 0.6) is 0 Å². The average molecular weight is 266 g/mol. The molecule has 98 valence electrons. The number of nitrogens with one attached hydrogen (secondary N) is 3. The fourth-order valence-electron chi connectivity index (χ4n) is 1.35. The minimum absolute atomic E-state index is 0.230. The van der Waals surface area contributed by atoms with Gasteiger partial charge in [0.1, 0.15) is 0 Å². The molecule has 1 heterocycles. The Hall–Kier alpha value is -1.68. The van der Waals surface area contributed by atoms with E-state index >= 15 is 0 Å². The molecular weight excluding hydrogens is 248 g/mol. The lowest BCUT2D eigenvalue weighted by molar-refractivity contribution is 0.728. The number of aromatic amines is 1. The quantitative estimate of drug-likeness (QED) is 0.320. The number of aryl methyl sites for hydroxylation is 1. The number of hydrogen-bond donors (Lipinski definition) is 3. The molecule has 6 nitrogen and oxygen atoms in total. The molecule has 0 aliphatic rings. The summed E-state index contributed by atoms with van der Waals surface area (Å²) in [7, 11) is 1.64. The van der Waals surface area contributed by atoms with Crippen molar-refractivity contribution >= 4 is 17.7 Å². The summed E-state index contributed by atoms with van der Waals surface area (Å²) in [6, 6.07) is 0.230. The topological polar surface area (TPSA) is 88.9 Å². The normalized spacial score (nSPS) is 12.9. The van der Waals surface area contributed by atoms with Crippen molar-refractivity contribution in [1.82, 2.24) is 20.6 Å². The van der Waals surface area contributed by atoms with Gasteiger partial charge in [0.15, 0.2) is 6.19 Å². The van der Waals surface area contributed by atoms with E-state index in [0.29, 0.717) is 5.96 Å². The first-order valence-corrected chi connectivity index (χ1v) is 6.77. The molecule has 0 saturated carbocycles. The van der Waals surface area contributed by atoms with E-state index in [0.717, 1.165) is 22.9 Å². The highest BCUT2D eigenvalue weighted by Crippen LogP contribution is 2.13. The summed E-state index contributed by atoms with van der Waals surface area (Å²) in [5, 5.41) is 14.1. The minimum Gasteiger partial charge on any atom is -0.352 e. The van der Waals surface area contributed by atoms with Crippen LogP contribution in [0.1, 0.15) is 18.3 Å². The zero-order valence-electron chi connectivity index (χ0n) is 10.8. The average Bonchev–Trinajstić information content (AvgIpc) is 2.74. The molecule has 1 aromatic rings. The fraction of sp³-hybridized carbons (Fsp3) is 0.545. The molecule has 0 bridgehead atoms. The van der Waals surface area contributed by atoms with Gasteiger partial charge in [0.05, 0.1) is 12.0 Å². The van der Waals surface area contributed by atoms with E-state index in [4.69, 9.17) is 5.26 Å². The van der Waals surface area contributed by atoms with Gasteiger partial charge in [0, 0.05) is 30.3 Å². The smallest absolute Gasteiger partial charge is 0.204 e. The van der Waals surface area contributed by atoms with Crippen LogP contribution in [0.25, 0.3) is 0 Å². The number of aromatic nitrogens is 2. The van der Waals surface area contributed by atoms with Gasteiger partial charge in [-0.15, -0.1) is 0 Å². The number of thioether (sulfide) groups is 1. The third-order valence-electron chi connectivity index (χ3n) is 2.32. The minimum atomic E-state index is 0.230. The Labute approximate surface area is 111 Å². The van der Waals surface area contributed by atoms with Crippen LogP contribution in [0.3, 0.4) is 0 Å². The monoisotopic (exact) mass is 266 g/mol. The second kappa shape index (κ2) is 7.61. The summed E-state index contributed by atoms with van der Waals surface area (Å²) in [6.07, 6.45) is 3.56. The van der Waals surface area contributed by atoms with Crippen molar-refractivity contribution in [1.29, 1.82) is 5.26 Å². The van der Waals surface area contributed by atoms with Gasteiger partial charge in [-0.1, -0.05) is 0 Å². The molecule has 1 unspecified atom stereocenters. The number of aliphatic imine (C=N–C) groups is 1. The second-order valence-electron chi connectivity index (χ2n) is 3.84. The summed E-state index contributed by atoms with van der Waals surface area (Å²) in [5.74, 6) is 2.30. The number of rotatable bonds is 5. The Kier molecular flexibility index (Phi) is 6.08. The van der Waals surface area contributed by atoms with Crippen LogP contribution in [0.2, 0.25) is 0 Å². The Balaban J connectivity index is 2.27. The van der Waals surface area contributed by atoms with Crippen molar-refractivity contribution in [2.45, 2.75) is 25.6 Å². The summed E-state index contributed by atoms with van der Waals surface area (Å²) >= 11 is 1.79. The van der Waals surface area contributed by atoms with Crippen LogP contribution < -0.4 is 10.6 Å². The van der Waals surface area contributed by atoms with Gasteiger partial charge in [0.2, 0.25) is 5.96 Å². The van der Waals surface area contributed by atoms with Crippen molar-refractivity contribution in [3.05, 3.63) is 17.7 Å². The van der Waals surface area contributed by atoms with Crippen LogP contribution >= 0.6 is 11.8 Å². The first kappa shape index (κ1) is 14.4. The summed E-state index contributed by atoms with van der Waals surface area (Å²) in [4.78, 5) is 11.2. The molecule has 1 rings (SSSR count). The standard InChI is InChI=1S/C11H18N6S/c1-8(17-11(13-3)14-6-12)4-18-5-10-9(2)15-7-16-10/h7-8H,4-5H2,1-3H3,(H,15,16)(H2,13,14,17). The van der Waals surface area contributed by atoms with E-state index in [9.17, 15) is 0 Å². The summed E-state index contributed by atoms with van der Waals surface area (Å²) in [5.41, 5.74) is 2.21. The number of guanidine groups is 1. The van der Waals surface area contributed by atoms with E-state index in [1.54, 1.807) is 25.1 Å². The molecule has 18 heavy (non-hydrogen) atoms. The van der Waals surface area contributed by atoms with Gasteiger partial charge in [0.25, 0.3) is 0 Å². The molecule has 0 amide bonds. The maximum absolute atomic E-state index is 8.51. The Bertz CT molecular complexity index is 433. The Morgan fingerprint density at radius 1 is 1.72 bits per heavy atom. The van der Waals surface area contributed by atoms with Crippen molar-refractivity contribution in [3.63, 3.8) is 0 Å². The van der Waals surface area contributed by atoms with E-state index < -0.39 is 0 Å². The van der Waals surface area contributed by atoms with Crippen molar-refractivity contribution < 1.29 is 0 Å². The SMILES string of the molecule is CN=C(NC#N)NC(C)CSCc1nc[nH]c1C. The number of nitriles is 1. The molecule has 1 atom stereocenters. The fourth-order valence-corrected chi connectivity index (χ4v) is 2.39. The molecule has 7 heteroatoms. The van der Waals surface area contributed by atoms with Gasteiger partial charge in [-0.3, -0.25) is 10.3 Å². The maximum Gasteiger partial charge on any atom is 0.204 e. The summed E-state index contributed by atoms with van der Waals surface area (Å²) < 4.78 is 0. The molecule has 1 aromatic heterocycles. The largest absolute Gasteiger partial charge is 0.352 e.